The van der Waals surface area contributed by atoms with Crippen molar-refractivity contribution >= 4 is 5.91 Å². The molecule has 0 fully saturated rings. The summed E-state index contributed by atoms with van der Waals surface area (Å²) < 4.78 is 1.75. The number of hydrogen-bond donors (Lipinski definition) is 1. The number of amides is 1. The quantitative estimate of drug-likeness (QED) is 0.893. The fourth-order valence-corrected chi connectivity index (χ4v) is 1.96. The Morgan fingerprint density at radius 2 is 2.11 bits per heavy atom. The van der Waals surface area contributed by atoms with E-state index < -0.39 is 0 Å². The van der Waals surface area contributed by atoms with Crippen molar-refractivity contribution in [2.24, 2.45) is 0 Å². The van der Waals surface area contributed by atoms with E-state index >= 15 is 0 Å². The van der Waals surface area contributed by atoms with Crippen LogP contribution in [-0.2, 0) is 17.8 Å². The summed E-state index contributed by atoms with van der Waals surface area (Å²) in [6.07, 6.45) is 6.11. The molecule has 2 aromatic rings. The maximum absolute atomic E-state index is 11.9. The molecule has 0 aliphatic heterocycles. The van der Waals surface area contributed by atoms with Crippen molar-refractivity contribution in [1.29, 1.82) is 0 Å². The number of rotatable bonds is 5. The normalized spacial score (nSPS) is 12.1. The van der Waals surface area contributed by atoms with Crippen LogP contribution in [0.25, 0.3) is 0 Å². The Labute approximate surface area is 113 Å². The number of nitrogens with zero attached hydrogens (tertiary/aromatic N) is 2. The van der Waals surface area contributed by atoms with Gasteiger partial charge in [-0.3, -0.25) is 4.79 Å². The highest BCUT2D eigenvalue weighted by atomic mass is 16.2. The number of aryl methyl sites for hydroxylation is 1. The predicted molar refractivity (Wildman–Crippen MR) is 74.6 cm³/mol. The number of carbonyl (C=O) groups excluding carboxylic acids is 1. The topological polar surface area (TPSA) is 46.9 Å². The zero-order chi connectivity index (χ0) is 13.7. The first-order chi connectivity index (χ1) is 9.19. The molecule has 4 nitrogen and oxygen atoms in total. The third kappa shape index (κ3) is 3.68. The molecule has 1 aromatic heterocycles. The summed E-state index contributed by atoms with van der Waals surface area (Å²) in [5.41, 5.74) is 2.43. The van der Waals surface area contributed by atoms with Gasteiger partial charge in [-0.05, 0) is 24.5 Å². The molecular weight excluding hydrogens is 238 g/mol. The molecular formula is C15H19N3O. The minimum Gasteiger partial charge on any atom is -0.348 e. The standard InChI is InChI=1S/C15H19N3O/c1-3-13-4-6-14(7-5-13)12(2)17-15(19)10-18-9-8-16-11-18/h4-9,11-12H,3,10H2,1-2H3,(H,17,19)/t12-/m0/s1. The van der Waals surface area contributed by atoms with Crippen LogP contribution in [0.5, 0.6) is 0 Å². The summed E-state index contributed by atoms with van der Waals surface area (Å²) in [4.78, 5) is 15.8. The van der Waals surface area contributed by atoms with Crippen LogP contribution < -0.4 is 5.32 Å². The van der Waals surface area contributed by atoms with Crippen molar-refractivity contribution in [2.45, 2.75) is 32.9 Å². The molecule has 0 bridgehead atoms. The van der Waals surface area contributed by atoms with Gasteiger partial charge in [0.2, 0.25) is 5.91 Å². The van der Waals surface area contributed by atoms with E-state index in [2.05, 4.69) is 41.5 Å². The Balaban J connectivity index is 1.92. The summed E-state index contributed by atoms with van der Waals surface area (Å²) in [6, 6.07) is 8.37. The van der Waals surface area contributed by atoms with Crippen LogP contribution in [0.3, 0.4) is 0 Å². The Morgan fingerprint density at radius 3 is 2.68 bits per heavy atom. The Kier molecular flexibility index (Phi) is 4.34. The van der Waals surface area contributed by atoms with Crippen molar-refractivity contribution in [3.8, 4) is 0 Å². The first-order valence-corrected chi connectivity index (χ1v) is 6.53. The SMILES string of the molecule is CCc1ccc([C@H](C)NC(=O)Cn2ccnc2)cc1. The maximum Gasteiger partial charge on any atom is 0.240 e. The van der Waals surface area contributed by atoms with E-state index in [1.165, 1.54) is 5.56 Å². The first kappa shape index (κ1) is 13.3. The minimum atomic E-state index is -0.00920. The number of hydrogen-bond acceptors (Lipinski definition) is 2. The first-order valence-electron chi connectivity index (χ1n) is 6.53. The second-order valence-electron chi connectivity index (χ2n) is 4.62. The van der Waals surface area contributed by atoms with Gasteiger partial charge in [-0.25, -0.2) is 4.98 Å². The van der Waals surface area contributed by atoms with Crippen molar-refractivity contribution in [3.05, 3.63) is 54.1 Å². The fourth-order valence-electron chi connectivity index (χ4n) is 1.96. The van der Waals surface area contributed by atoms with Gasteiger partial charge in [0.05, 0.1) is 12.4 Å². The van der Waals surface area contributed by atoms with Gasteiger partial charge in [-0.2, -0.15) is 0 Å². The molecule has 1 atom stereocenters. The van der Waals surface area contributed by atoms with Crippen LogP contribution >= 0.6 is 0 Å². The van der Waals surface area contributed by atoms with Crippen molar-refractivity contribution < 1.29 is 4.79 Å². The summed E-state index contributed by atoms with van der Waals surface area (Å²) >= 11 is 0. The molecule has 0 aliphatic carbocycles. The lowest BCUT2D eigenvalue weighted by Gasteiger charge is -2.15. The lowest BCUT2D eigenvalue weighted by molar-refractivity contribution is -0.122. The third-order valence-electron chi connectivity index (χ3n) is 3.15. The van der Waals surface area contributed by atoms with Crippen LogP contribution in [0, 0.1) is 0 Å². The number of carbonyl (C=O) groups is 1. The molecule has 2 rings (SSSR count). The molecule has 1 N–H and O–H groups in total. The van der Waals surface area contributed by atoms with Crippen LogP contribution in [0.1, 0.15) is 31.0 Å². The number of benzene rings is 1. The van der Waals surface area contributed by atoms with Gasteiger partial charge in [0.25, 0.3) is 0 Å². The number of nitrogens with one attached hydrogen (secondary N) is 1. The molecule has 0 radical (unpaired) electrons. The molecule has 0 aliphatic rings. The average Bonchev–Trinajstić information content (AvgIpc) is 2.91. The van der Waals surface area contributed by atoms with Crippen LogP contribution in [0.2, 0.25) is 0 Å². The van der Waals surface area contributed by atoms with Crippen LogP contribution in [0.15, 0.2) is 43.0 Å². The minimum absolute atomic E-state index is 0.00920. The molecule has 0 unspecified atom stereocenters. The molecule has 4 heteroatoms. The molecule has 19 heavy (non-hydrogen) atoms. The highest BCUT2D eigenvalue weighted by Crippen LogP contribution is 2.13. The summed E-state index contributed by atoms with van der Waals surface area (Å²) in [5.74, 6) is -0.00920. The van der Waals surface area contributed by atoms with Gasteiger partial charge < -0.3 is 9.88 Å². The van der Waals surface area contributed by atoms with E-state index in [9.17, 15) is 4.79 Å². The lowest BCUT2D eigenvalue weighted by Crippen LogP contribution is -2.29. The van der Waals surface area contributed by atoms with Crippen LogP contribution in [-0.4, -0.2) is 15.5 Å². The molecule has 1 amide bonds. The predicted octanol–water partition coefficient (Wildman–Crippen LogP) is 2.32. The van der Waals surface area contributed by atoms with Crippen molar-refractivity contribution in [1.82, 2.24) is 14.9 Å². The average molecular weight is 257 g/mol. The molecule has 1 heterocycles. The Morgan fingerprint density at radius 1 is 1.37 bits per heavy atom. The number of imidazole rings is 1. The summed E-state index contributed by atoms with van der Waals surface area (Å²) in [5, 5.41) is 2.98. The zero-order valence-corrected chi connectivity index (χ0v) is 11.3. The van der Waals surface area contributed by atoms with Gasteiger partial charge >= 0.3 is 0 Å². The Hall–Kier alpha value is -2.10. The maximum atomic E-state index is 11.9. The van der Waals surface area contributed by atoms with E-state index in [0.717, 1.165) is 12.0 Å². The van der Waals surface area contributed by atoms with E-state index in [4.69, 9.17) is 0 Å². The molecule has 0 saturated carbocycles. The zero-order valence-electron chi connectivity index (χ0n) is 11.3. The second kappa shape index (κ2) is 6.18. The highest BCUT2D eigenvalue weighted by molar-refractivity contribution is 5.76. The molecule has 1 aromatic carbocycles. The van der Waals surface area contributed by atoms with Gasteiger partial charge in [0.1, 0.15) is 6.54 Å². The third-order valence-corrected chi connectivity index (χ3v) is 3.15. The molecule has 0 spiro atoms. The van der Waals surface area contributed by atoms with Crippen molar-refractivity contribution in [3.63, 3.8) is 0 Å². The monoisotopic (exact) mass is 257 g/mol. The largest absolute Gasteiger partial charge is 0.348 e. The smallest absolute Gasteiger partial charge is 0.240 e. The van der Waals surface area contributed by atoms with E-state index in [-0.39, 0.29) is 11.9 Å². The molecule has 100 valence electrons. The highest BCUT2D eigenvalue weighted by Gasteiger charge is 2.09. The lowest BCUT2D eigenvalue weighted by atomic mass is 10.1. The van der Waals surface area contributed by atoms with Crippen molar-refractivity contribution in [2.75, 3.05) is 0 Å². The van der Waals surface area contributed by atoms with E-state index in [1.807, 2.05) is 6.92 Å². The number of aromatic nitrogens is 2. The summed E-state index contributed by atoms with van der Waals surface area (Å²) in [7, 11) is 0. The van der Waals surface area contributed by atoms with Gasteiger partial charge in [-0.1, -0.05) is 31.2 Å². The van der Waals surface area contributed by atoms with E-state index in [0.29, 0.717) is 6.54 Å². The fraction of sp³-hybridized carbons (Fsp3) is 0.333. The Bertz CT molecular complexity index is 517. The van der Waals surface area contributed by atoms with Gasteiger partial charge in [-0.15, -0.1) is 0 Å². The van der Waals surface area contributed by atoms with Crippen LogP contribution in [0.4, 0.5) is 0 Å². The van der Waals surface area contributed by atoms with E-state index in [1.54, 1.807) is 23.3 Å². The second-order valence-corrected chi connectivity index (χ2v) is 4.62. The molecule has 0 saturated heterocycles. The van der Waals surface area contributed by atoms with Gasteiger partial charge in [0, 0.05) is 12.4 Å². The summed E-state index contributed by atoms with van der Waals surface area (Å²) in [6.45, 7) is 4.43. The van der Waals surface area contributed by atoms with Gasteiger partial charge in [0.15, 0.2) is 0 Å².